The standard InChI is InChI=1S/C13H15FN2O/c1-3-12-9(2)13(17)16(15-12)8-10-4-6-11(14)7-5-10/h4-7,9H,3,8H2,1-2H3. The first-order chi connectivity index (χ1) is 8.11. The summed E-state index contributed by atoms with van der Waals surface area (Å²) in [5.74, 6) is -0.376. The van der Waals surface area contributed by atoms with Gasteiger partial charge >= 0.3 is 0 Å². The van der Waals surface area contributed by atoms with E-state index in [0.717, 1.165) is 17.7 Å². The zero-order chi connectivity index (χ0) is 12.4. The number of hydrogen-bond acceptors (Lipinski definition) is 2. The van der Waals surface area contributed by atoms with Crippen molar-refractivity contribution in [1.82, 2.24) is 5.01 Å². The van der Waals surface area contributed by atoms with Crippen molar-refractivity contribution in [2.75, 3.05) is 0 Å². The van der Waals surface area contributed by atoms with Crippen LogP contribution in [0.3, 0.4) is 0 Å². The van der Waals surface area contributed by atoms with Gasteiger partial charge < -0.3 is 0 Å². The van der Waals surface area contributed by atoms with Crippen LogP contribution in [0.2, 0.25) is 0 Å². The Morgan fingerprint density at radius 2 is 2.00 bits per heavy atom. The normalized spacial score (nSPS) is 19.7. The van der Waals surface area contributed by atoms with Gasteiger partial charge in [0.15, 0.2) is 0 Å². The number of hydrogen-bond donors (Lipinski definition) is 0. The molecule has 1 unspecified atom stereocenters. The predicted octanol–water partition coefficient (Wildman–Crippen LogP) is 2.57. The minimum atomic E-state index is -0.271. The Morgan fingerprint density at radius 1 is 1.35 bits per heavy atom. The van der Waals surface area contributed by atoms with E-state index in [1.807, 2.05) is 13.8 Å². The molecule has 0 saturated heterocycles. The van der Waals surface area contributed by atoms with Crippen LogP contribution in [0, 0.1) is 11.7 Å². The van der Waals surface area contributed by atoms with Gasteiger partial charge in [0.1, 0.15) is 5.82 Å². The van der Waals surface area contributed by atoms with Crippen molar-refractivity contribution in [2.24, 2.45) is 11.0 Å². The second-order valence-corrected chi connectivity index (χ2v) is 4.19. The molecule has 1 aromatic carbocycles. The fourth-order valence-electron chi connectivity index (χ4n) is 1.91. The fraction of sp³-hybridized carbons (Fsp3) is 0.385. The summed E-state index contributed by atoms with van der Waals surface area (Å²) in [5, 5.41) is 5.76. The molecule has 0 N–H and O–H groups in total. The van der Waals surface area contributed by atoms with Crippen molar-refractivity contribution in [2.45, 2.75) is 26.8 Å². The highest BCUT2D eigenvalue weighted by Gasteiger charge is 2.30. The summed E-state index contributed by atoms with van der Waals surface area (Å²) in [7, 11) is 0. The molecule has 1 aliphatic rings. The number of carbonyl (C=O) groups excluding carboxylic acids is 1. The van der Waals surface area contributed by atoms with Crippen LogP contribution < -0.4 is 0 Å². The van der Waals surface area contributed by atoms with E-state index in [9.17, 15) is 9.18 Å². The van der Waals surface area contributed by atoms with E-state index in [1.165, 1.54) is 17.1 Å². The van der Waals surface area contributed by atoms with Gasteiger partial charge in [0.05, 0.1) is 18.2 Å². The lowest BCUT2D eigenvalue weighted by molar-refractivity contribution is -0.131. The summed E-state index contributed by atoms with van der Waals surface area (Å²) in [6, 6.07) is 6.13. The fourth-order valence-corrected chi connectivity index (χ4v) is 1.91. The molecule has 0 saturated carbocycles. The van der Waals surface area contributed by atoms with Crippen molar-refractivity contribution in [3.05, 3.63) is 35.6 Å². The molecule has 0 radical (unpaired) electrons. The van der Waals surface area contributed by atoms with Gasteiger partial charge in [0, 0.05) is 0 Å². The number of halogens is 1. The number of carbonyl (C=O) groups is 1. The Labute approximate surface area is 99.9 Å². The summed E-state index contributed by atoms with van der Waals surface area (Å²) < 4.78 is 12.7. The number of nitrogens with zero attached hydrogens (tertiary/aromatic N) is 2. The van der Waals surface area contributed by atoms with Crippen LogP contribution in [0.15, 0.2) is 29.4 Å². The quantitative estimate of drug-likeness (QED) is 0.791. The van der Waals surface area contributed by atoms with E-state index < -0.39 is 0 Å². The maximum absolute atomic E-state index is 12.7. The van der Waals surface area contributed by atoms with E-state index in [4.69, 9.17) is 0 Å². The van der Waals surface area contributed by atoms with Crippen LogP contribution in [0.25, 0.3) is 0 Å². The summed E-state index contributed by atoms with van der Waals surface area (Å²) >= 11 is 0. The van der Waals surface area contributed by atoms with Crippen LogP contribution in [-0.4, -0.2) is 16.6 Å². The first-order valence-corrected chi connectivity index (χ1v) is 5.75. The third-order valence-electron chi connectivity index (χ3n) is 2.98. The lowest BCUT2D eigenvalue weighted by atomic mass is 10.0. The molecule has 1 aromatic rings. The Bertz CT molecular complexity index is 453. The van der Waals surface area contributed by atoms with E-state index in [-0.39, 0.29) is 17.6 Å². The number of amides is 1. The van der Waals surface area contributed by atoms with Gasteiger partial charge in [-0.15, -0.1) is 0 Å². The Morgan fingerprint density at radius 3 is 2.53 bits per heavy atom. The van der Waals surface area contributed by atoms with Gasteiger partial charge in [-0.3, -0.25) is 4.79 Å². The largest absolute Gasteiger partial charge is 0.272 e. The van der Waals surface area contributed by atoms with Gasteiger partial charge in [-0.2, -0.15) is 5.10 Å². The summed E-state index contributed by atoms with van der Waals surface area (Å²) in [5.41, 5.74) is 1.80. The molecule has 0 bridgehead atoms. The Kier molecular flexibility index (Phi) is 3.22. The van der Waals surface area contributed by atoms with Crippen molar-refractivity contribution in [3.8, 4) is 0 Å². The van der Waals surface area contributed by atoms with Crippen LogP contribution in [0.5, 0.6) is 0 Å². The van der Waals surface area contributed by atoms with Crippen molar-refractivity contribution >= 4 is 11.6 Å². The molecular weight excluding hydrogens is 219 g/mol. The number of hydrazone groups is 1. The van der Waals surface area contributed by atoms with Gasteiger partial charge in [0.2, 0.25) is 0 Å². The van der Waals surface area contributed by atoms with Crippen molar-refractivity contribution in [3.63, 3.8) is 0 Å². The first-order valence-electron chi connectivity index (χ1n) is 5.75. The Hall–Kier alpha value is -1.71. The molecule has 1 heterocycles. The average molecular weight is 234 g/mol. The molecule has 1 atom stereocenters. The SMILES string of the molecule is CCC1=NN(Cc2ccc(F)cc2)C(=O)C1C. The molecule has 2 rings (SSSR count). The van der Waals surface area contributed by atoms with E-state index in [2.05, 4.69) is 5.10 Å². The molecule has 90 valence electrons. The maximum Gasteiger partial charge on any atom is 0.251 e. The van der Waals surface area contributed by atoms with Crippen LogP contribution >= 0.6 is 0 Å². The van der Waals surface area contributed by atoms with Crippen LogP contribution in [-0.2, 0) is 11.3 Å². The third kappa shape index (κ3) is 2.35. The molecule has 1 aliphatic heterocycles. The second-order valence-electron chi connectivity index (χ2n) is 4.19. The average Bonchev–Trinajstić information content (AvgIpc) is 2.60. The molecule has 0 fully saturated rings. The van der Waals surface area contributed by atoms with Crippen molar-refractivity contribution in [1.29, 1.82) is 0 Å². The molecule has 3 nitrogen and oxygen atoms in total. The lowest BCUT2D eigenvalue weighted by Crippen LogP contribution is -2.25. The Balaban J connectivity index is 2.12. The summed E-state index contributed by atoms with van der Waals surface area (Å²) in [6.45, 7) is 4.27. The highest BCUT2D eigenvalue weighted by molar-refractivity contribution is 6.07. The minimum Gasteiger partial charge on any atom is -0.272 e. The van der Waals surface area contributed by atoms with Gasteiger partial charge in [-0.1, -0.05) is 19.1 Å². The lowest BCUT2D eigenvalue weighted by Gasteiger charge is -2.12. The van der Waals surface area contributed by atoms with Gasteiger partial charge in [-0.05, 0) is 31.0 Å². The topological polar surface area (TPSA) is 32.7 Å². The number of rotatable bonds is 3. The minimum absolute atomic E-state index is 0.0196. The molecular formula is C13H15FN2O. The highest BCUT2D eigenvalue weighted by Crippen LogP contribution is 2.19. The zero-order valence-corrected chi connectivity index (χ0v) is 9.98. The predicted molar refractivity (Wildman–Crippen MR) is 63.8 cm³/mol. The van der Waals surface area contributed by atoms with E-state index in [1.54, 1.807) is 12.1 Å². The van der Waals surface area contributed by atoms with Crippen LogP contribution in [0.1, 0.15) is 25.8 Å². The van der Waals surface area contributed by atoms with Crippen molar-refractivity contribution < 1.29 is 9.18 Å². The molecule has 0 aromatic heterocycles. The zero-order valence-electron chi connectivity index (χ0n) is 9.98. The molecule has 1 amide bonds. The second kappa shape index (κ2) is 4.65. The van der Waals surface area contributed by atoms with E-state index in [0.29, 0.717) is 6.54 Å². The summed E-state index contributed by atoms with van der Waals surface area (Å²) in [4.78, 5) is 11.9. The highest BCUT2D eigenvalue weighted by atomic mass is 19.1. The van der Waals surface area contributed by atoms with Crippen LogP contribution in [0.4, 0.5) is 4.39 Å². The first kappa shape index (κ1) is 11.8. The molecule has 17 heavy (non-hydrogen) atoms. The third-order valence-corrected chi connectivity index (χ3v) is 2.98. The maximum atomic E-state index is 12.7. The molecule has 4 heteroatoms. The summed E-state index contributed by atoms with van der Waals surface area (Å²) in [6.07, 6.45) is 0.785. The van der Waals surface area contributed by atoms with E-state index >= 15 is 0 Å². The number of benzene rings is 1. The molecule has 0 aliphatic carbocycles. The monoisotopic (exact) mass is 234 g/mol. The smallest absolute Gasteiger partial charge is 0.251 e. The van der Waals surface area contributed by atoms with Gasteiger partial charge in [-0.25, -0.2) is 9.40 Å². The van der Waals surface area contributed by atoms with Gasteiger partial charge in [0.25, 0.3) is 5.91 Å². The molecule has 0 spiro atoms.